The summed E-state index contributed by atoms with van der Waals surface area (Å²) in [5.41, 5.74) is 2.41. The maximum atomic E-state index is 12.5. The van der Waals surface area contributed by atoms with Gasteiger partial charge in [-0.25, -0.2) is 0 Å². The fraction of sp³-hybridized carbons (Fsp3) is 0.263. The van der Waals surface area contributed by atoms with E-state index in [1.165, 1.54) is 0 Å². The maximum Gasteiger partial charge on any atom is 0.251 e. The van der Waals surface area contributed by atoms with Gasteiger partial charge in [-0.05, 0) is 66.9 Å². The molecule has 0 fully saturated rings. The summed E-state index contributed by atoms with van der Waals surface area (Å²) in [5, 5.41) is 15.2. The molecule has 3 rings (SSSR count). The largest absolute Gasteiger partial charge is 0.350 e. The summed E-state index contributed by atoms with van der Waals surface area (Å²) in [6.07, 6.45) is 1.62. The zero-order valence-corrected chi connectivity index (χ0v) is 15.4. The SMILES string of the molecule is Cc1nnnn1-c1cccc(C(=O)NC(C)CCc2ccccc2Cl)c1. The summed E-state index contributed by atoms with van der Waals surface area (Å²) in [6, 6.07) is 15.0. The molecule has 2 aromatic carbocycles. The molecular weight excluding hydrogens is 350 g/mol. The average molecular weight is 370 g/mol. The number of carbonyl (C=O) groups is 1. The second-order valence-electron chi connectivity index (χ2n) is 6.19. The van der Waals surface area contributed by atoms with Crippen LogP contribution in [0.4, 0.5) is 0 Å². The molecule has 1 aromatic heterocycles. The van der Waals surface area contributed by atoms with Crippen LogP contribution in [-0.4, -0.2) is 32.2 Å². The number of nitrogens with one attached hydrogen (secondary N) is 1. The third kappa shape index (κ3) is 4.26. The van der Waals surface area contributed by atoms with Crippen molar-refractivity contribution in [2.24, 2.45) is 0 Å². The summed E-state index contributed by atoms with van der Waals surface area (Å²) >= 11 is 6.18. The quantitative estimate of drug-likeness (QED) is 0.723. The number of halogens is 1. The zero-order chi connectivity index (χ0) is 18.5. The highest BCUT2D eigenvalue weighted by Gasteiger charge is 2.12. The van der Waals surface area contributed by atoms with Crippen LogP contribution in [-0.2, 0) is 6.42 Å². The fourth-order valence-electron chi connectivity index (χ4n) is 2.70. The molecule has 3 aromatic rings. The van der Waals surface area contributed by atoms with E-state index in [2.05, 4.69) is 20.8 Å². The summed E-state index contributed by atoms with van der Waals surface area (Å²) in [5.74, 6) is 0.542. The number of carbonyl (C=O) groups excluding carboxylic acids is 1. The first-order valence-corrected chi connectivity index (χ1v) is 8.82. The lowest BCUT2D eigenvalue weighted by Crippen LogP contribution is -2.33. The number of benzene rings is 2. The van der Waals surface area contributed by atoms with E-state index in [-0.39, 0.29) is 11.9 Å². The third-order valence-electron chi connectivity index (χ3n) is 4.16. The van der Waals surface area contributed by atoms with Crippen LogP contribution in [0.25, 0.3) is 5.69 Å². The van der Waals surface area contributed by atoms with E-state index in [0.717, 1.165) is 29.1 Å². The Bertz CT molecular complexity index is 908. The van der Waals surface area contributed by atoms with E-state index in [1.54, 1.807) is 16.8 Å². The van der Waals surface area contributed by atoms with Crippen LogP contribution in [0.2, 0.25) is 5.02 Å². The Morgan fingerprint density at radius 2 is 2.04 bits per heavy atom. The number of rotatable bonds is 6. The summed E-state index contributed by atoms with van der Waals surface area (Å²) in [6.45, 7) is 3.80. The molecule has 1 unspecified atom stereocenters. The van der Waals surface area contributed by atoms with Gasteiger partial charge in [-0.2, -0.15) is 4.68 Å². The van der Waals surface area contributed by atoms with Crippen molar-refractivity contribution < 1.29 is 4.79 Å². The lowest BCUT2D eigenvalue weighted by Gasteiger charge is -2.15. The molecule has 6 nitrogen and oxygen atoms in total. The van der Waals surface area contributed by atoms with Gasteiger partial charge in [0.05, 0.1) is 5.69 Å². The molecule has 0 radical (unpaired) electrons. The van der Waals surface area contributed by atoms with Crippen molar-refractivity contribution in [3.63, 3.8) is 0 Å². The van der Waals surface area contributed by atoms with Gasteiger partial charge < -0.3 is 5.32 Å². The molecule has 0 aliphatic rings. The van der Waals surface area contributed by atoms with Gasteiger partial charge in [0.15, 0.2) is 5.82 Å². The van der Waals surface area contributed by atoms with E-state index < -0.39 is 0 Å². The molecule has 0 saturated heterocycles. The number of tetrazole rings is 1. The Kier molecular flexibility index (Phi) is 5.63. The van der Waals surface area contributed by atoms with Crippen molar-refractivity contribution in [1.29, 1.82) is 0 Å². The van der Waals surface area contributed by atoms with Crippen LogP contribution >= 0.6 is 11.6 Å². The summed E-state index contributed by atoms with van der Waals surface area (Å²) < 4.78 is 1.59. The van der Waals surface area contributed by atoms with Crippen molar-refractivity contribution in [3.05, 3.63) is 70.5 Å². The van der Waals surface area contributed by atoms with Crippen LogP contribution in [0.1, 0.15) is 35.1 Å². The standard InChI is InChI=1S/C19H20ClN5O/c1-13(10-11-15-6-3-4-9-18(15)20)21-19(26)16-7-5-8-17(12-16)25-14(2)22-23-24-25/h3-9,12-13H,10-11H2,1-2H3,(H,21,26). The molecule has 0 aliphatic carbocycles. The number of hydrogen-bond acceptors (Lipinski definition) is 4. The predicted molar refractivity (Wildman–Crippen MR) is 101 cm³/mol. The molecule has 1 amide bonds. The van der Waals surface area contributed by atoms with Crippen molar-refractivity contribution in [1.82, 2.24) is 25.5 Å². The molecule has 1 atom stereocenters. The molecular formula is C19H20ClN5O. The Morgan fingerprint density at radius 3 is 2.77 bits per heavy atom. The number of nitrogens with zero attached hydrogens (tertiary/aromatic N) is 4. The Morgan fingerprint density at radius 1 is 1.23 bits per heavy atom. The minimum atomic E-state index is -0.121. The van der Waals surface area contributed by atoms with Crippen LogP contribution in [0.15, 0.2) is 48.5 Å². The number of amides is 1. The fourth-order valence-corrected chi connectivity index (χ4v) is 2.93. The summed E-state index contributed by atoms with van der Waals surface area (Å²) in [4.78, 5) is 12.5. The molecule has 0 spiro atoms. The van der Waals surface area contributed by atoms with Crippen molar-refractivity contribution in [2.75, 3.05) is 0 Å². The minimum Gasteiger partial charge on any atom is -0.350 e. The predicted octanol–water partition coefficient (Wildman–Crippen LogP) is 3.38. The Labute approximate surface area is 157 Å². The lowest BCUT2D eigenvalue weighted by atomic mass is 10.1. The van der Waals surface area contributed by atoms with Gasteiger partial charge in [-0.3, -0.25) is 4.79 Å². The van der Waals surface area contributed by atoms with Crippen LogP contribution in [0.5, 0.6) is 0 Å². The van der Waals surface area contributed by atoms with Gasteiger partial charge in [-0.1, -0.05) is 35.9 Å². The highest BCUT2D eigenvalue weighted by molar-refractivity contribution is 6.31. The van der Waals surface area contributed by atoms with Gasteiger partial charge in [0.2, 0.25) is 0 Å². The second-order valence-corrected chi connectivity index (χ2v) is 6.60. The molecule has 1 heterocycles. The first-order chi connectivity index (χ1) is 12.5. The molecule has 1 N–H and O–H groups in total. The van der Waals surface area contributed by atoms with Crippen molar-refractivity contribution in [3.8, 4) is 5.69 Å². The molecule has 0 bridgehead atoms. The van der Waals surface area contributed by atoms with E-state index >= 15 is 0 Å². The molecule has 26 heavy (non-hydrogen) atoms. The third-order valence-corrected chi connectivity index (χ3v) is 4.53. The first kappa shape index (κ1) is 18.1. The minimum absolute atomic E-state index is 0.0252. The first-order valence-electron chi connectivity index (χ1n) is 8.44. The Balaban J connectivity index is 1.63. The van der Waals surface area contributed by atoms with E-state index in [9.17, 15) is 4.79 Å². The Hall–Kier alpha value is -2.73. The van der Waals surface area contributed by atoms with Crippen LogP contribution < -0.4 is 5.32 Å². The second kappa shape index (κ2) is 8.10. The van der Waals surface area contributed by atoms with Crippen LogP contribution in [0, 0.1) is 6.92 Å². The summed E-state index contributed by atoms with van der Waals surface area (Å²) in [7, 11) is 0. The molecule has 0 saturated carbocycles. The van der Waals surface area contributed by atoms with Crippen LogP contribution in [0.3, 0.4) is 0 Å². The molecule has 7 heteroatoms. The highest BCUT2D eigenvalue weighted by atomic mass is 35.5. The number of hydrogen-bond donors (Lipinski definition) is 1. The maximum absolute atomic E-state index is 12.5. The van der Waals surface area contributed by atoms with Gasteiger partial charge in [0.25, 0.3) is 5.91 Å². The smallest absolute Gasteiger partial charge is 0.251 e. The topological polar surface area (TPSA) is 72.7 Å². The monoisotopic (exact) mass is 369 g/mol. The van der Waals surface area contributed by atoms with E-state index in [4.69, 9.17) is 11.6 Å². The molecule has 134 valence electrons. The van der Waals surface area contributed by atoms with Gasteiger partial charge in [0, 0.05) is 16.6 Å². The van der Waals surface area contributed by atoms with Crippen molar-refractivity contribution >= 4 is 17.5 Å². The van der Waals surface area contributed by atoms with Gasteiger partial charge >= 0.3 is 0 Å². The average Bonchev–Trinajstić information content (AvgIpc) is 3.07. The van der Waals surface area contributed by atoms with Gasteiger partial charge in [0.1, 0.15) is 0 Å². The normalized spacial score (nSPS) is 12.0. The van der Waals surface area contributed by atoms with Gasteiger partial charge in [-0.15, -0.1) is 5.10 Å². The lowest BCUT2D eigenvalue weighted by molar-refractivity contribution is 0.0938. The zero-order valence-electron chi connectivity index (χ0n) is 14.7. The van der Waals surface area contributed by atoms with E-state index in [0.29, 0.717) is 11.4 Å². The molecule has 0 aliphatic heterocycles. The highest BCUT2D eigenvalue weighted by Crippen LogP contribution is 2.17. The van der Waals surface area contributed by atoms with Crippen molar-refractivity contribution in [2.45, 2.75) is 32.7 Å². The number of aryl methyl sites for hydroxylation is 2. The van der Waals surface area contributed by atoms with E-state index in [1.807, 2.05) is 50.2 Å². The number of aromatic nitrogens is 4.